The standard InChI is InChI=1S/C23H30F2N6O2/c1-14-7-9-30(14)20-27-18(17-6-5-8-23(24,25)19(17)28-20)15-10-26-31(11-15)16-12-29(13-16)21(32)33-22(2,3)4/h10-11,14,16H,5-9,12-13H2,1-4H3. The van der Waals surface area contributed by atoms with Gasteiger partial charge in [-0.2, -0.15) is 13.9 Å². The summed E-state index contributed by atoms with van der Waals surface area (Å²) in [7, 11) is 0. The summed E-state index contributed by atoms with van der Waals surface area (Å²) in [4.78, 5) is 24.9. The Morgan fingerprint density at radius 2 is 2.00 bits per heavy atom. The molecular weight excluding hydrogens is 430 g/mol. The SMILES string of the molecule is CC1CCN1c1nc(-c2cnn(C3CN(C(=O)OC(C)(C)C)C3)c2)c2c(n1)C(F)(F)CCC2. The number of amides is 1. The molecule has 1 amide bonds. The van der Waals surface area contributed by atoms with E-state index in [2.05, 4.69) is 17.0 Å². The topological polar surface area (TPSA) is 76.4 Å². The summed E-state index contributed by atoms with van der Waals surface area (Å²) in [5.41, 5.74) is 1.09. The molecule has 0 bridgehead atoms. The lowest BCUT2D eigenvalue weighted by Crippen LogP contribution is -2.52. The van der Waals surface area contributed by atoms with Gasteiger partial charge in [0.25, 0.3) is 5.92 Å². The zero-order valence-corrected chi connectivity index (χ0v) is 19.5. The first kappa shape index (κ1) is 22.0. The molecule has 1 aliphatic carbocycles. The first-order chi connectivity index (χ1) is 15.5. The van der Waals surface area contributed by atoms with Crippen molar-refractivity contribution in [1.29, 1.82) is 0 Å². The number of hydrogen-bond donors (Lipinski definition) is 0. The Balaban J connectivity index is 1.41. The zero-order valence-electron chi connectivity index (χ0n) is 19.5. The third-order valence-corrected chi connectivity index (χ3v) is 6.60. The second kappa shape index (κ2) is 7.63. The number of ether oxygens (including phenoxy) is 1. The molecule has 0 saturated carbocycles. The van der Waals surface area contributed by atoms with Gasteiger partial charge in [0.1, 0.15) is 11.3 Å². The van der Waals surface area contributed by atoms with Crippen molar-refractivity contribution in [1.82, 2.24) is 24.6 Å². The van der Waals surface area contributed by atoms with Crippen LogP contribution in [-0.2, 0) is 17.1 Å². The van der Waals surface area contributed by atoms with E-state index in [0.29, 0.717) is 48.7 Å². The average molecular weight is 461 g/mol. The third-order valence-electron chi connectivity index (χ3n) is 6.60. The van der Waals surface area contributed by atoms with Crippen LogP contribution in [0.4, 0.5) is 19.5 Å². The van der Waals surface area contributed by atoms with Crippen LogP contribution in [0.1, 0.15) is 64.3 Å². The van der Waals surface area contributed by atoms with E-state index in [9.17, 15) is 13.6 Å². The number of halogens is 2. The maximum absolute atomic E-state index is 14.8. The summed E-state index contributed by atoms with van der Waals surface area (Å²) < 4.78 is 36.8. The summed E-state index contributed by atoms with van der Waals surface area (Å²) in [6, 6.07) is 0.255. The van der Waals surface area contributed by atoms with Gasteiger partial charge in [0.05, 0.1) is 17.9 Å². The van der Waals surface area contributed by atoms with Crippen LogP contribution in [0.3, 0.4) is 0 Å². The molecule has 5 rings (SSSR count). The number of anilines is 1. The Bertz CT molecular complexity index is 1070. The van der Waals surface area contributed by atoms with Crippen molar-refractivity contribution in [2.24, 2.45) is 0 Å². The summed E-state index contributed by atoms with van der Waals surface area (Å²) >= 11 is 0. The Morgan fingerprint density at radius 3 is 2.64 bits per heavy atom. The first-order valence-corrected chi connectivity index (χ1v) is 11.6. The number of carbonyl (C=O) groups is 1. The highest BCUT2D eigenvalue weighted by Crippen LogP contribution is 2.43. The average Bonchev–Trinajstić information content (AvgIpc) is 3.13. The molecule has 0 radical (unpaired) electrons. The van der Waals surface area contributed by atoms with E-state index in [1.807, 2.05) is 31.9 Å². The summed E-state index contributed by atoms with van der Waals surface area (Å²) in [5, 5.41) is 4.47. The van der Waals surface area contributed by atoms with E-state index in [0.717, 1.165) is 13.0 Å². The molecule has 0 spiro atoms. The molecule has 178 valence electrons. The van der Waals surface area contributed by atoms with Gasteiger partial charge in [-0.3, -0.25) is 4.68 Å². The molecule has 2 aromatic heterocycles. The number of nitrogens with zero attached hydrogens (tertiary/aromatic N) is 6. The van der Waals surface area contributed by atoms with Gasteiger partial charge in [-0.15, -0.1) is 0 Å². The molecule has 1 unspecified atom stereocenters. The van der Waals surface area contributed by atoms with Gasteiger partial charge in [-0.25, -0.2) is 14.8 Å². The quantitative estimate of drug-likeness (QED) is 0.685. The maximum Gasteiger partial charge on any atom is 0.410 e. The van der Waals surface area contributed by atoms with E-state index in [4.69, 9.17) is 9.72 Å². The Labute approximate surface area is 191 Å². The number of carbonyl (C=O) groups excluding carboxylic acids is 1. The fraction of sp³-hybridized carbons (Fsp3) is 0.652. The molecular formula is C23H30F2N6O2. The summed E-state index contributed by atoms with van der Waals surface area (Å²) in [6.45, 7) is 9.32. The van der Waals surface area contributed by atoms with E-state index < -0.39 is 11.5 Å². The van der Waals surface area contributed by atoms with Crippen LogP contribution in [0.15, 0.2) is 12.4 Å². The normalized spacial score (nSPS) is 22.4. The van der Waals surface area contributed by atoms with Crippen molar-refractivity contribution >= 4 is 12.0 Å². The second-order valence-corrected chi connectivity index (χ2v) is 10.3. The number of alkyl halides is 2. The van der Waals surface area contributed by atoms with Gasteiger partial charge >= 0.3 is 6.09 Å². The monoisotopic (exact) mass is 460 g/mol. The molecule has 2 fully saturated rings. The highest BCUT2D eigenvalue weighted by atomic mass is 19.3. The lowest BCUT2D eigenvalue weighted by atomic mass is 9.90. The minimum atomic E-state index is -2.95. The van der Waals surface area contributed by atoms with Crippen molar-refractivity contribution in [3.8, 4) is 11.3 Å². The fourth-order valence-corrected chi connectivity index (χ4v) is 4.56. The van der Waals surface area contributed by atoms with Gasteiger partial charge in [-0.1, -0.05) is 0 Å². The number of aromatic nitrogens is 4. The van der Waals surface area contributed by atoms with Gasteiger partial charge in [0, 0.05) is 49.4 Å². The number of fused-ring (bicyclic) bond motifs is 1. The highest BCUT2D eigenvalue weighted by Gasteiger charge is 2.42. The molecule has 1 atom stereocenters. The number of rotatable bonds is 3. The van der Waals surface area contributed by atoms with Crippen LogP contribution in [0.5, 0.6) is 0 Å². The van der Waals surface area contributed by atoms with Crippen LogP contribution in [0.2, 0.25) is 0 Å². The summed E-state index contributed by atoms with van der Waals surface area (Å²) in [5.74, 6) is -2.58. The Hall–Kier alpha value is -2.78. The molecule has 3 aliphatic rings. The molecule has 2 aromatic rings. The smallest absolute Gasteiger partial charge is 0.410 e. The van der Waals surface area contributed by atoms with Crippen LogP contribution >= 0.6 is 0 Å². The van der Waals surface area contributed by atoms with Crippen LogP contribution < -0.4 is 4.90 Å². The fourth-order valence-electron chi connectivity index (χ4n) is 4.56. The van der Waals surface area contributed by atoms with Gasteiger partial charge in [-0.05, 0) is 47.0 Å². The van der Waals surface area contributed by atoms with E-state index in [1.165, 1.54) is 0 Å². The Kier molecular flexibility index (Phi) is 5.10. The highest BCUT2D eigenvalue weighted by molar-refractivity contribution is 5.69. The van der Waals surface area contributed by atoms with Crippen LogP contribution in [0.25, 0.3) is 11.3 Å². The van der Waals surface area contributed by atoms with Crippen LogP contribution in [-0.4, -0.2) is 62.0 Å². The molecule has 2 aliphatic heterocycles. The molecule has 4 heterocycles. The van der Waals surface area contributed by atoms with Crippen molar-refractivity contribution in [3.63, 3.8) is 0 Å². The lowest BCUT2D eigenvalue weighted by Gasteiger charge is -2.40. The zero-order chi connectivity index (χ0) is 23.5. The predicted molar refractivity (Wildman–Crippen MR) is 118 cm³/mol. The number of likely N-dealkylation sites (tertiary alicyclic amines) is 1. The summed E-state index contributed by atoms with van der Waals surface area (Å²) in [6.07, 6.45) is 4.92. The molecule has 0 N–H and O–H groups in total. The van der Waals surface area contributed by atoms with E-state index >= 15 is 0 Å². The van der Waals surface area contributed by atoms with Crippen molar-refractivity contribution in [2.45, 2.75) is 77.0 Å². The number of hydrogen-bond acceptors (Lipinski definition) is 6. The Morgan fingerprint density at radius 1 is 1.24 bits per heavy atom. The molecule has 10 heteroatoms. The molecule has 8 nitrogen and oxygen atoms in total. The van der Waals surface area contributed by atoms with Crippen molar-refractivity contribution in [2.75, 3.05) is 24.5 Å². The van der Waals surface area contributed by atoms with E-state index in [1.54, 1.807) is 15.8 Å². The molecule has 33 heavy (non-hydrogen) atoms. The van der Waals surface area contributed by atoms with Crippen molar-refractivity contribution in [3.05, 3.63) is 23.7 Å². The van der Waals surface area contributed by atoms with E-state index in [-0.39, 0.29) is 30.3 Å². The third kappa shape index (κ3) is 4.04. The van der Waals surface area contributed by atoms with Crippen molar-refractivity contribution < 1.29 is 18.3 Å². The minimum Gasteiger partial charge on any atom is -0.444 e. The first-order valence-electron chi connectivity index (χ1n) is 11.6. The second-order valence-electron chi connectivity index (χ2n) is 10.3. The lowest BCUT2D eigenvalue weighted by molar-refractivity contribution is -0.0263. The molecule has 0 aromatic carbocycles. The maximum atomic E-state index is 14.8. The molecule has 2 saturated heterocycles. The minimum absolute atomic E-state index is 0.0141. The van der Waals surface area contributed by atoms with Gasteiger partial charge < -0.3 is 14.5 Å². The predicted octanol–water partition coefficient (Wildman–Crippen LogP) is 4.16. The van der Waals surface area contributed by atoms with Gasteiger partial charge in [0.2, 0.25) is 5.95 Å². The largest absolute Gasteiger partial charge is 0.444 e. The van der Waals surface area contributed by atoms with Gasteiger partial charge in [0.15, 0.2) is 0 Å². The van der Waals surface area contributed by atoms with Crippen LogP contribution in [0, 0.1) is 0 Å².